The molecule has 0 atom stereocenters. The lowest BCUT2D eigenvalue weighted by atomic mass is 9.73. The summed E-state index contributed by atoms with van der Waals surface area (Å²) in [5.74, 6) is -1.56. The molecule has 3 aliphatic rings. The zero-order valence-corrected chi connectivity index (χ0v) is 20.4. The number of likely N-dealkylation sites (tertiary alicyclic amines) is 1. The Kier molecular flexibility index (Phi) is 6.11. The summed E-state index contributed by atoms with van der Waals surface area (Å²) < 4.78 is 38.2. The Balaban J connectivity index is 1.35. The highest BCUT2D eigenvalue weighted by atomic mass is 79.9. The van der Waals surface area contributed by atoms with Crippen molar-refractivity contribution in [3.63, 3.8) is 0 Å². The minimum absolute atomic E-state index is 0.0671. The quantitative estimate of drug-likeness (QED) is 0.516. The number of fused-ring (bicyclic) bond motifs is 3. The van der Waals surface area contributed by atoms with E-state index in [1.165, 1.54) is 11.1 Å². The maximum atomic E-state index is 13.7. The van der Waals surface area contributed by atoms with Gasteiger partial charge in [-0.05, 0) is 25.0 Å². The number of anilines is 2. The molecule has 3 aliphatic heterocycles. The number of nitrogens with one attached hydrogen (secondary N) is 3. The second-order valence-corrected chi connectivity index (χ2v) is 9.68. The first-order valence-electron chi connectivity index (χ1n) is 11.2. The minimum atomic E-state index is -4.55. The molecule has 10 nitrogen and oxygen atoms in total. The standard InChI is InChI=1S/C22H21BrF3N7O3/c23-12-2-1-3-15-17(12)21(20(36)33(15)10-16(34)28-11-22(24,25)26)4-6-32(7-5-21)19(35)18-27-8-14-13(30-18)9-29-31-14/h1-3,8,29,31H,4-7,9-11H2,(H,28,34). The number of halogens is 4. The number of hydrazine groups is 1. The summed E-state index contributed by atoms with van der Waals surface area (Å²) in [6.07, 6.45) is -2.46. The molecule has 0 saturated carbocycles. The first-order valence-corrected chi connectivity index (χ1v) is 12.0. The molecule has 1 spiro atoms. The highest BCUT2D eigenvalue weighted by Gasteiger charge is 2.54. The van der Waals surface area contributed by atoms with Crippen LogP contribution in [0.4, 0.5) is 24.5 Å². The van der Waals surface area contributed by atoms with Crippen molar-refractivity contribution in [2.75, 3.05) is 36.5 Å². The molecule has 2 aromatic rings. The Morgan fingerprint density at radius 2 is 1.97 bits per heavy atom. The summed E-state index contributed by atoms with van der Waals surface area (Å²) >= 11 is 3.50. The number of amides is 3. The fourth-order valence-corrected chi connectivity index (χ4v) is 5.66. The second-order valence-electron chi connectivity index (χ2n) is 8.82. The van der Waals surface area contributed by atoms with Gasteiger partial charge in [0.15, 0.2) is 0 Å². The van der Waals surface area contributed by atoms with Crippen LogP contribution in [0.25, 0.3) is 0 Å². The highest BCUT2D eigenvalue weighted by Crippen LogP contribution is 2.50. The van der Waals surface area contributed by atoms with Crippen molar-refractivity contribution in [1.29, 1.82) is 0 Å². The molecule has 4 heterocycles. The molecule has 0 radical (unpaired) electrons. The van der Waals surface area contributed by atoms with E-state index >= 15 is 0 Å². The van der Waals surface area contributed by atoms with Crippen LogP contribution in [0, 0.1) is 0 Å². The summed E-state index contributed by atoms with van der Waals surface area (Å²) in [5.41, 5.74) is 7.34. The molecule has 1 fully saturated rings. The van der Waals surface area contributed by atoms with Crippen LogP contribution < -0.4 is 21.1 Å². The van der Waals surface area contributed by atoms with E-state index < -0.39 is 30.6 Å². The average molecular weight is 568 g/mol. The van der Waals surface area contributed by atoms with Crippen molar-refractivity contribution < 1.29 is 27.6 Å². The Morgan fingerprint density at radius 1 is 1.22 bits per heavy atom. The maximum Gasteiger partial charge on any atom is 0.405 e. The van der Waals surface area contributed by atoms with Crippen molar-refractivity contribution in [2.45, 2.75) is 31.0 Å². The van der Waals surface area contributed by atoms with Crippen LogP contribution in [0.3, 0.4) is 0 Å². The number of carbonyl (C=O) groups is 3. The normalized spacial score (nSPS) is 18.2. The van der Waals surface area contributed by atoms with Crippen LogP contribution in [0.5, 0.6) is 0 Å². The zero-order chi connectivity index (χ0) is 25.7. The van der Waals surface area contributed by atoms with E-state index in [2.05, 4.69) is 36.7 Å². The van der Waals surface area contributed by atoms with E-state index in [4.69, 9.17) is 0 Å². The Labute approximate surface area is 211 Å². The summed E-state index contributed by atoms with van der Waals surface area (Å²) in [5, 5.41) is 1.82. The van der Waals surface area contributed by atoms with Crippen LogP contribution in [0.15, 0.2) is 28.9 Å². The van der Waals surface area contributed by atoms with Gasteiger partial charge in [-0.3, -0.25) is 14.4 Å². The Bertz CT molecular complexity index is 1250. The summed E-state index contributed by atoms with van der Waals surface area (Å²) in [4.78, 5) is 50.3. The van der Waals surface area contributed by atoms with Crippen molar-refractivity contribution >= 4 is 45.0 Å². The van der Waals surface area contributed by atoms with E-state index in [1.807, 2.05) is 5.32 Å². The topological polar surface area (TPSA) is 120 Å². The van der Waals surface area contributed by atoms with Gasteiger partial charge in [-0.1, -0.05) is 22.0 Å². The predicted octanol–water partition coefficient (Wildman–Crippen LogP) is 1.87. The maximum absolute atomic E-state index is 13.7. The SMILES string of the molecule is O=C(CN1C(=O)C2(CCN(C(=O)c3ncc4c(n3)CNN4)CC2)c2c(Br)cccc21)NCC(F)(F)F. The fraction of sp³-hybridized carbons (Fsp3) is 0.409. The summed E-state index contributed by atoms with van der Waals surface area (Å²) in [6.45, 7) is -1.05. The number of carbonyl (C=O) groups excluding carboxylic acids is 3. The van der Waals surface area contributed by atoms with Crippen LogP contribution >= 0.6 is 15.9 Å². The number of piperidine rings is 1. The molecule has 36 heavy (non-hydrogen) atoms. The number of nitrogens with zero attached hydrogens (tertiary/aromatic N) is 4. The Hall–Kier alpha value is -3.26. The van der Waals surface area contributed by atoms with Gasteiger partial charge < -0.3 is 20.5 Å². The molecule has 1 aromatic carbocycles. The van der Waals surface area contributed by atoms with Gasteiger partial charge in [0, 0.05) is 28.8 Å². The van der Waals surface area contributed by atoms with E-state index in [1.54, 1.807) is 23.1 Å². The van der Waals surface area contributed by atoms with E-state index in [-0.39, 0.29) is 43.6 Å². The average Bonchev–Trinajstić information content (AvgIpc) is 3.40. The summed E-state index contributed by atoms with van der Waals surface area (Å²) in [7, 11) is 0. The second kappa shape index (κ2) is 9.00. The van der Waals surface area contributed by atoms with Gasteiger partial charge in [-0.2, -0.15) is 13.2 Å². The van der Waals surface area contributed by atoms with Gasteiger partial charge in [0.25, 0.3) is 5.91 Å². The molecule has 5 rings (SSSR count). The molecule has 0 unspecified atom stereocenters. The number of hydrogen-bond acceptors (Lipinski definition) is 7. The smallest absolute Gasteiger partial charge is 0.345 e. The minimum Gasteiger partial charge on any atom is -0.345 e. The van der Waals surface area contributed by atoms with Crippen molar-refractivity contribution in [3.8, 4) is 0 Å². The molecular formula is C22H21BrF3N7O3. The molecule has 14 heteroatoms. The fourth-order valence-electron chi connectivity index (χ4n) is 4.92. The highest BCUT2D eigenvalue weighted by molar-refractivity contribution is 9.10. The van der Waals surface area contributed by atoms with Gasteiger partial charge in [0.1, 0.15) is 13.1 Å². The van der Waals surface area contributed by atoms with Gasteiger partial charge in [-0.25, -0.2) is 15.4 Å². The monoisotopic (exact) mass is 567 g/mol. The largest absolute Gasteiger partial charge is 0.405 e. The molecule has 3 N–H and O–H groups in total. The molecule has 1 aromatic heterocycles. The number of aromatic nitrogens is 2. The third kappa shape index (κ3) is 4.28. The third-order valence-corrected chi connectivity index (χ3v) is 7.31. The number of hydrogen-bond donors (Lipinski definition) is 3. The zero-order valence-electron chi connectivity index (χ0n) is 18.8. The van der Waals surface area contributed by atoms with E-state index in [9.17, 15) is 27.6 Å². The number of benzene rings is 1. The summed E-state index contributed by atoms with van der Waals surface area (Å²) in [6, 6.07) is 5.14. The van der Waals surface area contributed by atoms with Gasteiger partial charge >= 0.3 is 6.18 Å². The van der Waals surface area contributed by atoms with Gasteiger partial charge in [0.2, 0.25) is 17.6 Å². The van der Waals surface area contributed by atoms with E-state index in [0.29, 0.717) is 33.6 Å². The number of rotatable bonds is 4. The number of alkyl halides is 3. The lowest BCUT2D eigenvalue weighted by molar-refractivity contribution is -0.138. The Morgan fingerprint density at radius 3 is 2.69 bits per heavy atom. The van der Waals surface area contributed by atoms with Crippen LogP contribution in [-0.2, 0) is 21.5 Å². The molecule has 0 bridgehead atoms. The van der Waals surface area contributed by atoms with E-state index in [0.717, 1.165) is 0 Å². The predicted molar refractivity (Wildman–Crippen MR) is 125 cm³/mol. The third-order valence-electron chi connectivity index (χ3n) is 6.65. The van der Waals surface area contributed by atoms with Crippen LogP contribution in [0.1, 0.15) is 34.7 Å². The van der Waals surface area contributed by atoms with Crippen molar-refractivity contribution in [2.24, 2.45) is 0 Å². The lowest BCUT2D eigenvalue weighted by Gasteiger charge is -2.38. The van der Waals surface area contributed by atoms with Crippen LogP contribution in [0.2, 0.25) is 0 Å². The first kappa shape index (κ1) is 24.4. The van der Waals surface area contributed by atoms with Crippen molar-refractivity contribution in [3.05, 3.63) is 46.0 Å². The molecule has 190 valence electrons. The van der Waals surface area contributed by atoms with Gasteiger partial charge in [0.05, 0.1) is 29.5 Å². The van der Waals surface area contributed by atoms with Crippen LogP contribution in [-0.4, -0.2) is 64.9 Å². The van der Waals surface area contributed by atoms with Gasteiger partial charge in [-0.15, -0.1) is 0 Å². The lowest BCUT2D eigenvalue weighted by Crippen LogP contribution is -2.51. The molecular weight excluding hydrogens is 547 g/mol. The molecule has 3 amide bonds. The molecule has 0 aliphatic carbocycles. The first-order chi connectivity index (χ1) is 17.1. The van der Waals surface area contributed by atoms with Crippen molar-refractivity contribution in [1.82, 2.24) is 25.6 Å². The molecule has 1 saturated heterocycles.